The molecule has 2 N–H and O–H groups in total. The van der Waals surface area contributed by atoms with Crippen LogP contribution in [0.3, 0.4) is 0 Å². The van der Waals surface area contributed by atoms with Crippen LogP contribution < -0.4 is 10.6 Å². The second-order valence-corrected chi connectivity index (χ2v) is 16.2. The van der Waals surface area contributed by atoms with Gasteiger partial charge in [0.15, 0.2) is 0 Å². The van der Waals surface area contributed by atoms with Crippen molar-refractivity contribution in [3.63, 3.8) is 0 Å². The second kappa shape index (κ2) is 32.7. The minimum Gasteiger partial charge on any atom is -0.379 e. The number of hydrogen-bond acceptors (Lipinski definition) is 13. The highest BCUT2D eigenvalue weighted by molar-refractivity contribution is 4.80. The predicted molar refractivity (Wildman–Crippen MR) is 207 cm³/mol. The quantitative estimate of drug-likeness (QED) is 0.0856. The number of ether oxygens (including phenoxy) is 11. The van der Waals surface area contributed by atoms with Gasteiger partial charge in [0.2, 0.25) is 0 Å². The molecule has 13 heteroatoms. The first kappa shape index (κ1) is 51.5. The molecule has 52 heavy (non-hydrogen) atoms. The molecule has 0 aliphatic heterocycles. The van der Waals surface area contributed by atoms with Crippen LogP contribution in [0, 0.1) is 5.41 Å². The molecule has 0 amide bonds. The second-order valence-electron chi connectivity index (χ2n) is 16.2. The van der Waals surface area contributed by atoms with Crippen molar-refractivity contribution in [3.05, 3.63) is 0 Å². The molecule has 0 saturated heterocycles. The molecule has 0 heterocycles. The van der Waals surface area contributed by atoms with Gasteiger partial charge in [-0.05, 0) is 73.6 Å². The first-order valence-corrected chi connectivity index (χ1v) is 19.5. The van der Waals surface area contributed by atoms with Crippen molar-refractivity contribution in [3.8, 4) is 0 Å². The Kier molecular flexibility index (Phi) is 32.4. The third-order valence-electron chi connectivity index (χ3n) is 7.33. The van der Waals surface area contributed by atoms with Crippen molar-refractivity contribution in [2.75, 3.05) is 152 Å². The van der Waals surface area contributed by atoms with E-state index in [2.05, 4.69) is 79.9 Å². The number of nitrogens with one attached hydrogen (secondary N) is 2. The van der Waals surface area contributed by atoms with E-state index in [-0.39, 0.29) is 22.1 Å². The molecule has 0 atom stereocenters. The summed E-state index contributed by atoms with van der Waals surface area (Å²) in [5.74, 6) is 0. The Hall–Kier alpha value is -0.520. The average Bonchev–Trinajstić information content (AvgIpc) is 3.03. The molecule has 0 spiro atoms. The van der Waals surface area contributed by atoms with Crippen LogP contribution in [0.5, 0.6) is 0 Å². The van der Waals surface area contributed by atoms with Crippen molar-refractivity contribution in [2.24, 2.45) is 5.41 Å². The topological polar surface area (TPSA) is 126 Å². The van der Waals surface area contributed by atoms with E-state index in [0.717, 1.165) is 25.9 Å². The van der Waals surface area contributed by atoms with Gasteiger partial charge in [0.25, 0.3) is 0 Å². The first-order chi connectivity index (χ1) is 24.6. The largest absolute Gasteiger partial charge is 0.379 e. The van der Waals surface area contributed by atoms with Crippen molar-refractivity contribution in [1.29, 1.82) is 0 Å². The zero-order valence-corrected chi connectivity index (χ0v) is 35.2. The van der Waals surface area contributed by atoms with Gasteiger partial charge in [-0.25, -0.2) is 0 Å². The minimum absolute atomic E-state index is 0.0802. The predicted octanol–water partition coefficient (Wildman–Crippen LogP) is 4.53. The number of hydrogen-bond donors (Lipinski definition) is 2. The molecule has 0 aromatic rings. The summed E-state index contributed by atoms with van der Waals surface area (Å²) in [5.41, 5.74) is 0.0548. The van der Waals surface area contributed by atoms with Gasteiger partial charge in [-0.2, -0.15) is 0 Å². The third kappa shape index (κ3) is 42.2. The van der Waals surface area contributed by atoms with Crippen LogP contribution >= 0.6 is 0 Å². The van der Waals surface area contributed by atoms with Crippen LogP contribution in [0.1, 0.15) is 82.1 Å². The van der Waals surface area contributed by atoms with Crippen LogP contribution in [0.15, 0.2) is 0 Å². The lowest BCUT2D eigenvalue weighted by Gasteiger charge is -2.35. The standard InChI is InChI=1S/C39H82N2O11/c1-36(2,3)40-12-15-43-18-21-46-24-27-48-26-23-45-20-17-42-14-11-38(7,8)35-39(9,10)52-34-33-51-32-31-50-30-29-49-28-25-47-22-19-44-16-13-41-37(4,5)6/h40-41H,11-35H2,1-10H3. The Morgan fingerprint density at radius 3 is 0.846 bits per heavy atom. The van der Waals surface area contributed by atoms with Gasteiger partial charge < -0.3 is 62.7 Å². The molecule has 0 aliphatic rings. The van der Waals surface area contributed by atoms with Crippen LogP contribution in [0.25, 0.3) is 0 Å². The lowest BCUT2D eigenvalue weighted by molar-refractivity contribution is -0.0755. The van der Waals surface area contributed by atoms with Gasteiger partial charge in [-0.3, -0.25) is 0 Å². The summed E-state index contributed by atoms with van der Waals surface area (Å²) < 4.78 is 62.1. The van der Waals surface area contributed by atoms with Crippen molar-refractivity contribution < 1.29 is 52.1 Å². The zero-order valence-electron chi connectivity index (χ0n) is 35.2. The van der Waals surface area contributed by atoms with E-state index < -0.39 is 0 Å². The zero-order chi connectivity index (χ0) is 38.9. The summed E-state index contributed by atoms with van der Waals surface area (Å²) in [7, 11) is 0. The summed E-state index contributed by atoms with van der Waals surface area (Å²) in [6, 6.07) is 0. The fourth-order valence-corrected chi connectivity index (χ4v) is 4.98. The van der Waals surface area contributed by atoms with Crippen LogP contribution in [0.4, 0.5) is 0 Å². The molecule has 0 saturated carbocycles. The Morgan fingerprint density at radius 1 is 0.308 bits per heavy atom. The van der Waals surface area contributed by atoms with E-state index in [9.17, 15) is 0 Å². The summed E-state index contributed by atoms with van der Waals surface area (Å²) in [6.45, 7) is 35.3. The van der Waals surface area contributed by atoms with Gasteiger partial charge in [0.05, 0.1) is 138 Å². The molecule has 0 unspecified atom stereocenters. The Balaban J connectivity index is 3.49. The molecule has 0 rings (SSSR count). The molecule has 0 radical (unpaired) electrons. The van der Waals surface area contributed by atoms with Crippen LogP contribution in [-0.2, 0) is 52.1 Å². The molecule has 0 fully saturated rings. The highest BCUT2D eigenvalue weighted by Crippen LogP contribution is 2.33. The van der Waals surface area contributed by atoms with E-state index in [1.165, 1.54) is 0 Å². The van der Waals surface area contributed by atoms with E-state index in [1.807, 2.05) is 0 Å². The Labute approximate surface area is 318 Å². The molecule has 0 aromatic heterocycles. The molecule has 0 bridgehead atoms. The van der Waals surface area contributed by atoms with E-state index in [0.29, 0.717) is 139 Å². The first-order valence-electron chi connectivity index (χ1n) is 19.5. The lowest BCUT2D eigenvalue weighted by Crippen LogP contribution is -2.38. The molecule has 314 valence electrons. The molecular formula is C39H82N2O11. The Bertz CT molecular complexity index is 762. The van der Waals surface area contributed by atoms with Gasteiger partial charge in [0.1, 0.15) is 0 Å². The summed E-state index contributed by atoms with van der Waals surface area (Å²) in [6.07, 6.45) is 1.86. The minimum atomic E-state index is -0.257. The van der Waals surface area contributed by atoms with E-state index >= 15 is 0 Å². The average molecular weight is 755 g/mol. The molecule has 13 nitrogen and oxygen atoms in total. The Morgan fingerprint density at radius 2 is 0.558 bits per heavy atom. The van der Waals surface area contributed by atoms with E-state index in [4.69, 9.17) is 52.1 Å². The van der Waals surface area contributed by atoms with Gasteiger partial charge in [0, 0.05) is 30.8 Å². The van der Waals surface area contributed by atoms with Crippen LogP contribution in [-0.4, -0.2) is 169 Å². The van der Waals surface area contributed by atoms with Crippen molar-refractivity contribution in [2.45, 2.75) is 98.8 Å². The normalized spacial score (nSPS) is 13.0. The van der Waals surface area contributed by atoms with Gasteiger partial charge >= 0.3 is 0 Å². The smallest absolute Gasteiger partial charge is 0.0707 e. The highest BCUT2D eigenvalue weighted by Gasteiger charge is 2.29. The summed E-state index contributed by atoms with van der Waals surface area (Å²) in [4.78, 5) is 0. The fourth-order valence-electron chi connectivity index (χ4n) is 4.98. The van der Waals surface area contributed by atoms with Crippen molar-refractivity contribution in [1.82, 2.24) is 10.6 Å². The fraction of sp³-hybridized carbons (Fsp3) is 1.00. The van der Waals surface area contributed by atoms with E-state index in [1.54, 1.807) is 0 Å². The lowest BCUT2D eigenvalue weighted by atomic mass is 9.79. The SMILES string of the molecule is CC(C)(CCOCCOCCOCCOCCOCCNC(C)(C)C)CC(C)(C)OCCOCCOCCOCCOCCOCCNC(C)(C)C. The van der Waals surface area contributed by atoms with Gasteiger partial charge in [-0.15, -0.1) is 0 Å². The van der Waals surface area contributed by atoms with Crippen molar-refractivity contribution >= 4 is 0 Å². The maximum atomic E-state index is 6.15. The maximum absolute atomic E-state index is 6.15. The molecule has 0 aromatic carbocycles. The maximum Gasteiger partial charge on any atom is 0.0707 e. The third-order valence-corrected chi connectivity index (χ3v) is 7.33. The molecule has 0 aliphatic carbocycles. The van der Waals surface area contributed by atoms with Crippen LogP contribution in [0.2, 0.25) is 0 Å². The van der Waals surface area contributed by atoms with Gasteiger partial charge in [-0.1, -0.05) is 13.8 Å². The molecular weight excluding hydrogens is 672 g/mol. The monoisotopic (exact) mass is 755 g/mol. The summed E-state index contributed by atoms with van der Waals surface area (Å²) >= 11 is 0. The summed E-state index contributed by atoms with van der Waals surface area (Å²) in [5, 5.41) is 6.77. The number of rotatable bonds is 39. The highest BCUT2D eigenvalue weighted by atomic mass is 16.6.